The number of hydrogen-bond acceptors (Lipinski definition) is 6. The minimum Gasteiger partial charge on any atom is -0.381 e. The average Bonchev–Trinajstić information content (AvgIpc) is 3.09. The van der Waals surface area contributed by atoms with Gasteiger partial charge in [0.2, 0.25) is 0 Å². The summed E-state index contributed by atoms with van der Waals surface area (Å²) in [5.41, 5.74) is 0.728. The predicted molar refractivity (Wildman–Crippen MR) is 63.4 cm³/mol. The summed E-state index contributed by atoms with van der Waals surface area (Å²) in [6, 6.07) is 1.78. The minimum atomic E-state index is 0.509. The molecule has 0 bridgehead atoms. The summed E-state index contributed by atoms with van der Waals surface area (Å²) < 4.78 is 10.1. The summed E-state index contributed by atoms with van der Waals surface area (Å²) >= 11 is 1.50. The smallest absolute Gasteiger partial charge is 0.170 e. The Kier molecular flexibility index (Phi) is 2.98. The average molecular weight is 249 g/mol. The van der Waals surface area contributed by atoms with Gasteiger partial charge in [-0.2, -0.15) is 0 Å². The topological polar surface area (TPSA) is 61.0 Å². The highest BCUT2D eigenvalue weighted by atomic mass is 32.1. The van der Waals surface area contributed by atoms with Crippen molar-refractivity contribution < 1.29 is 9.26 Å². The normalized spacial score (nSPS) is 20.4. The molecule has 5 nitrogen and oxygen atoms in total. The van der Waals surface area contributed by atoms with Crippen molar-refractivity contribution in [2.45, 2.75) is 6.42 Å². The quantitative estimate of drug-likeness (QED) is 0.834. The maximum Gasteiger partial charge on any atom is 0.170 e. The van der Waals surface area contributed by atoms with E-state index in [2.05, 4.69) is 21.4 Å². The van der Waals surface area contributed by atoms with Gasteiger partial charge in [-0.3, -0.25) is 0 Å². The van der Waals surface area contributed by atoms with Crippen LogP contribution in [0, 0.1) is 5.92 Å². The number of aromatic nitrogens is 3. The fourth-order valence-electron chi connectivity index (χ4n) is 1.65. The van der Waals surface area contributed by atoms with Gasteiger partial charge in [-0.15, -0.1) is 10.2 Å². The van der Waals surface area contributed by atoms with Crippen LogP contribution in [0.3, 0.4) is 0 Å². The lowest BCUT2D eigenvalue weighted by Gasteiger charge is -1.95. The lowest BCUT2D eigenvalue weighted by molar-refractivity contribution is 0.191. The van der Waals surface area contributed by atoms with Crippen LogP contribution in [0.5, 0.6) is 0 Å². The van der Waals surface area contributed by atoms with E-state index in [-0.39, 0.29) is 0 Å². The molecule has 1 fully saturated rings. The van der Waals surface area contributed by atoms with E-state index in [0.717, 1.165) is 35.3 Å². The van der Waals surface area contributed by atoms with Crippen LogP contribution in [0.25, 0.3) is 16.8 Å². The van der Waals surface area contributed by atoms with Gasteiger partial charge in [0.1, 0.15) is 17.0 Å². The first kappa shape index (κ1) is 10.6. The molecule has 1 saturated heterocycles. The van der Waals surface area contributed by atoms with Gasteiger partial charge in [-0.1, -0.05) is 22.6 Å². The number of ether oxygens (including phenoxy) is 1. The first-order chi connectivity index (χ1) is 8.42. The molecule has 3 heterocycles. The molecule has 0 saturated carbocycles. The van der Waals surface area contributed by atoms with E-state index in [1.54, 1.807) is 6.07 Å². The van der Waals surface area contributed by atoms with E-state index in [4.69, 9.17) is 9.26 Å². The van der Waals surface area contributed by atoms with Crippen LogP contribution < -0.4 is 0 Å². The molecule has 2 aromatic rings. The Hall–Kier alpha value is -1.53. The molecular weight excluding hydrogens is 238 g/mol. The minimum absolute atomic E-state index is 0.509. The zero-order valence-electron chi connectivity index (χ0n) is 9.07. The molecule has 0 radical (unpaired) electrons. The van der Waals surface area contributed by atoms with Crippen LogP contribution >= 0.6 is 11.3 Å². The summed E-state index contributed by atoms with van der Waals surface area (Å²) in [5.74, 6) is 0.509. The van der Waals surface area contributed by atoms with E-state index in [1.807, 2.05) is 6.08 Å². The fraction of sp³-hybridized carbons (Fsp3) is 0.364. The Morgan fingerprint density at radius 1 is 1.41 bits per heavy atom. The Bertz CT molecular complexity index is 501. The molecular formula is C11H11N3O2S. The van der Waals surface area contributed by atoms with Crippen LogP contribution in [0.4, 0.5) is 0 Å². The zero-order chi connectivity index (χ0) is 11.5. The highest BCUT2D eigenvalue weighted by Gasteiger charge is 2.12. The molecule has 3 rings (SSSR count). The van der Waals surface area contributed by atoms with E-state index in [0.29, 0.717) is 5.92 Å². The molecule has 0 aromatic carbocycles. The van der Waals surface area contributed by atoms with Crippen molar-refractivity contribution in [1.82, 2.24) is 15.4 Å². The van der Waals surface area contributed by atoms with Crippen molar-refractivity contribution in [3.05, 3.63) is 23.4 Å². The molecule has 1 unspecified atom stereocenters. The van der Waals surface area contributed by atoms with Crippen molar-refractivity contribution in [3.63, 3.8) is 0 Å². The second kappa shape index (κ2) is 4.77. The molecule has 0 N–H and O–H groups in total. The predicted octanol–water partition coefficient (Wildman–Crippen LogP) is 2.24. The highest BCUT2D eigenvalue weighted by molar-refractivity contribution is 7.15. The molecule has 1 atom stereocenters. The van der Waals surface area contributed by atoms with Crippen LogP contribution in [0.1, 0.15) is 11.4 Å². The molecule has 1 aliphatic heterocycles. The second-order valence-corrected chi connectivity index (χ2v) is 4.82. The first-order valence-electron chi connectivity index (χ1n) is 5.42. The van der Waals surface area contributed by atoms with Crippen molar-refractivity contribution in [2.75, 3.05) is 13.2 Å². The van der Waals surface area contributed by atoms with Gasteiger partial charge in [0, 0.05) is 18.6 Å². The van der Waals surface area contributed by atoms with Gasteiger partial charge >= 0.3 is 0 Å². The number of rotatable bonds is 3. The monoisotopic (exact) mass is 249 g/mol. The Morgan fingerprint density at radius 3 is 3.18 bits per heavy atom. The largest absolute Gasteiger partial charge is 0.381 e. The third-order valence-electron chi connectivity index (χ3n) is 2.57. The molecule has 88 valence electrons. The maximum absolute atomic E-state index is 5.30. The van der Waals surface area contributed by atoms with E-state index in [9.17, 15) is 0 Å². The third kappa shape index (κ3) is 2.42. The fourth-order valence-corrected chi connectivity index (χ4v) is 2.37. The summed E-state index contributed by atoms with van der Waals surface area (Å²) in [5, 5.41) is 13.6. The maximum atomic E-state index is 5.30. The summed E-state index contributed by atoms with van der Waals surface area (Å²) in [4.78, 5) is 0. The van der Waals surface area contributed by atoms with Gasteiger partial charge in [-0.05, 0) is 12.5 Å². The molecule has 6 heteroatoms. The standard InChI is InChI=1S/C11H11N3O2S/c1(8-3-5-15-7-8)2-10-12-13-11(17-10)9-4-6-16-14-9/h1-2,4,6,8H,3,5,7H2/b2-1+. The van der Waals surface area contributed by atoms with Crippen molar-refractivity contribution in [2.24, 2.45) is 5.92 Å². The van der Waals surface area contributed by atoms with Gasteiger partial charge in [0.15, 0.2) is 5.01 Å². The number of nitrogens with zero attached hydrogens (tertiary/aromatic N) is 3. The van der Waals surface area contributed by atoms with Crippen LogP contribution in [-0.2, 0) is 4.74 Å². The molecule has 0 amide bonds. The van der Waals surface area contributed by atoms with Gasteiger partial charge in [-0.25, -0.2) is 0 Å². The van der Waals surface area contributed by atoms with E-state index < -0.39 is 0 Å². The van der Waals surface area contributed by atoms with Crippen LogP contribution in [-0.4, -0.2) is 28.6 Å². The van der Waals surface area contributed by atoms with Crippen molar-refractivity contribution >= 4 is 17.4 Å². The number of hydrogen-bond donors (Lipinski definition) is 0. The lowest BCUT2D eigenvalue weighted by atomic mass is 10.1. The third-order valence-corrected chi connectivity index (χ3v) is 3.48. The highest BCUT2D eigenvalue weighted by Crippen LogP contribution is 2.23. The van der Waals surface area contributed by atoms with Crippen molar-refractivity contribution in [3.8, 4) is 10.7 Å². The lowest BCUT2D eigenvalue weighted by Crippen LogP contribution is -1.92. The molecule has 0 aliphatic carbocycles. The van der Waals surface area contributed by atoms with Crippen molar-refractivity contribution in [1.29, 1.82) is 0 Å². The molecule has 2 aromatic heterocycles. The van der Waals surface area contributed by atoms with Crippen LogP contribution in [0.15, 0.2) is 22.9 Å². The Morgan fingerprint density at radius 2 is 2.41 bits per heavy atom. The second-order valence-electron chi connectivity index (χ2n) is 3.81. The SMILES string of the molecule is C(=C\C1CCOC1)/c1nnc(-c2ccon2)s1. The van der Waals surface area contributed by atoms with Crippen LogP contribution in [0.2, 0.25) is 0 Å². The summed E-state index contributed by atoms with van der Waals surface area (Å²) in [6.45, 7) is 1.67. The van der Waals surface area contributed by atoms with Gasteiger partial charge in [0.05, 0.1) is 6.61 Å². The zero-order valence-corrected chi connectivity index (χ0v) is 9.89. The molecule has 17 heavy (non-hydrogen) atoms. The first-order valence-corrected chi connectivity index (χ1v) is 6.24. The molecule has 1 aliphatic rings. The Balaban J connectivity index is 1.72. The van der Waals surface area contributed by atoms with Gasteiger partial charge in [0.25, 0.3) is 0 Å². The summed E-state index contributed by atoms with van der Waals surface area (Å²) in [6.07, 6.45) is 6.76. The van der Waals surface area contributed by atoms with E-state index in [1.165, 1.54) is 17.6 Å². The van der Waals surface area contributed by atoms with E-state index >= 15 is 0 Å². The summed E-state index contributed by atoms with van der Waals surface area (Å²) in [7, 11) is 0. The molecule has 0 spiro atoms. The Labute approximate surface area is 102 Å². The van der Waals surface area contributed by atoms with Gasteiger partial charge < -0.3 is 9.26 Å².